The molecule has 0 unspecified atom stereocenters. The third kappa shape index (κ3) is 3.96. The molecule has 2 heterocycles. The Balaban J connectivity index is 1.45. The van der Waals surface area contributed by atoms with E-state index in [4.69, 9.17) is 4.74 Å². The molecule has 8 nitrogen and oxygen atoms in total. The Bertz CT molecular complexity index is 681. The van der Waals surface area contributed by atoms with E-state index in [1.165, 1.54) is 4.90 Å². The SMILES string of the molecule is O=C(NCCCN1CCCC1=O)O[C@@]1(O)CCN(c2ccccc2)C1=O. The van der Waals surface area contributed by atoms with E-state index in [1.807, 2.05) is 6.07 Å². The van der Waals surface area contributed by atoms with E-state index in [1.54, 1.807) is 29.2 Å². The van der Waals surface area contributed by atoms with E-state index in [9.17, 15) is 19.5 Å². The van der Waals surface area contributed by atoms with Gasteiger partial charge in [-0.25, -0.2) is 4.79 Å². The number of nitrogens with one attached hydrogen (secondary N) is 1. The first kappa shape index (κ1) is 18.2. The Morgan fingerprint density at radius 3 is 2.69 bits per heavy atom. The quantitative estimate of drug-likeness (QED) is 0.578. The predicted octanol–water partition coefficient (Wildman–Crippen LogP) is 0.851. The molecule has 2 N–H and O–H groups in total. The number of benzene rings is 1. The molecule has 1 atom stereocenters. The van der Waals surface area contributed by atoms with Crippen molar-refractivity contribution in [3.63, 3.8) is 0 Å². The molecule has 2 aliphatic rings. The summed E-state index contributed by atoms with van der Waals surface area (Å²) in [5.41, 5.74) is 0.646. The van der Waals surface area contributed by atoms with Gasteiger partial charge in [-0.05, 0) is 25.0 Å². The number of carbonyl (C=O) groups excluding carboxylic acids is 3. The first-order valence-corrected chi connectivity index (χ1v) is 8.84. The zero-order valence-electron chi connectivity index (χ0n) is 14.5. The number of alkyl carbamates (subject to hydrolysis) is 1. The summed E-state index contributed by atoms with van der Waals surface area (Å²) in [6.07, 6.45) is 1.22. The van der Waals surface area contributed by atoms with Gasteiger partial charge in [-0.2, -0.15) is 0 Å². The molecule has 1 aromatic carbocycles. The van der Waals surface area contributed by atoms with E-state index in [2.05, 4.69) is 5.32 Å². The molecule has 1 aromatic rings. The lowest BCUT2D eigenvalue weighted by molar-refractivity contribution is -0.175. The van der Waals surface area contributed by atoms with Crippen LogP contribution >= 0.6 is 0 Å². The number of ether oxygens (including phenoxy) is 1. The van der Waals surface area contributed by atoms with Crippen LogP contribution in [0.3, 0.4) is 0 Å². The fourth-order valence-corrected chi connectivity index (χ4v) is 3.22. The molecule has 2 aliphatic heterocycles. The molecule has 3 rings (SSSR count). The summed E-state index contributed by atoms with van der Waals surface area (Å²) >= 11 is 0. The first-order valence-electron chi connectivity index (χ1n) is 8.84. The summed E-state index contributed by atoms with van der Waals surface area (Å²) in [4.78, 5) is 39.0. The zero-order valence-corrected chi connectivity index (χ0v) is 14.5. The Hall–Kier alpha value is -2.61. The van der Waals surface area contributed by atoms with Crippen LogP contribution in [0.15, 0.2) is 30.3 Å². The van der Waals surface area contributed by atoms with Crippen molar-refractivity contribution in [2.24, 2.45) is 0 Å². The highest BCUT2D eigenvalue weighted by molar-refractivity contribution is 6.01. The fraction of sp³-hybridized carbons (Fsp3) is 0.500. The van der Waals surface area contributed by atoms with Crippen LogP contribution in [-0.4, -0.2) is 59.9 Å². The minimum atomic E-state index is -2.15. The summed E-state index contributed by atoms with van der Waals surface area (Å²) in [5.74, 6) is -2.66. The number of nitrogens with zero attached hydrogens (tertiary/aromatic N) is 2. The summed E-state index contributed by atoms with van der Waals surface area (Å²) in [6, 6.07) is 8.92. The highest BCUT2D eigenvalue weighted by Crippen LogP contribution is 2.29. The molecular weight excluding hydrogens is 338 g/mol. The molecular formula is C18H23N3O5. The van der Waals surface area contributed by atoms with Crippen molar-refractivity contribution in [2.75, 3.05) is 31.1 Å². The molecule has 140 valence electrons. The van der Waals surface area contributed by atoms with Crippen molar-refractivity contribution < 1.29 is 24.2 Å². The molecule has 0 radical (unpaired) electrons. The first-order chi connectivity index (χ1) is 12.5. The molecule has 0 aliphatic carbocycles. The van der Waals surface area contributed by atoms with E-state index < -0.39 is 17.8 Å². The van der Waals surface area contributed by atoms with Gasteiger partial charge in [0.1, 0.15) is 0 Å². The maximum atomic E-state index is 12.4. The van der Waals surface area contributed by atoms with Gasteiger partial charge in [-0.15, -0.1) is 0 Å². The van der Waals surface area contributed by atoms with Gasteiger partial charge in [0, 0.05) is 44.7 Å². The molecule has 0 saturated carbocycles. The maximum absolute atomic E-state index is 12.4. The third-order valence-corrected chi connectivity index (χ3v) is 4.63. The molecule has 0 aromatic heterocycles. The Morgan fingerprint density at radius 2 is 2.00 bits per heavy atom. The van der Waals surface area contributed by atoms with Crippen LogP contribution in [0.1, 0.15) is 25.7 Å². The van der Waals surface area contributed by atoms with Crippen LogP contribution in [-0.2, 0) is 14.3 Å². The van der Waals surface area contributed by atoms with Crippen LogP contribution in [0, 0.1) is 0 Å². The van der Waals surface area contributed by atoms with Gasteiger partial charge in [-0.3, -0.25) is 9.59 Å². The van der Waals surface area contributed by atoms with Crippen molar-refractivity contribution in [3.8, 4) is 0 Å². The lowest BCUT2D eigenvalue weighted by Gasteiger charge is -2.22. The number of aliphatic hydroxyl groups is 1. The third-order valence-electron chi connectivity index (χ3n) is 4.63. The summed E-state index contributed by atoms with van der Waals surface area (Å²) < 4.78 is 4.99. The minimum Gasteiger partial charge on any atom is -0.407 e. The topological polar surface area (TPSA) is 99.2 Å². The number of hydrogen-bond acceptors (Lipinski definition) is 5. The highest BCUT2D eigenvalue weighted by Gasteiger charge is 2.49. The Morgan fingerprint density at radius 1 is 1.23 bits per heavy atom. The molecule has 0 bridgehead atoms. The lowest BCUT2D eigenvalue weighted by Crippen LogP contribution is -2.46. The highest BCUT2D eigenvalue weighted by atomic mass is 16.7. The second-order valence-electron chi connectivity index (χ2n) is 6.48. The van der Waals surface area contributed by atoms with Crippen molar-refractivity contribution in [2.45, 2.75) is 31.5 Å². The van der Waals surface area contributed by atoms with Crippen LogP contribution in [0.25, 0.3) is 0 Å². The summed E-state index contributed by atoms with van der Waals surface area (Å²) in [5, 5.41) is 12.9. The zero-order chi connectivity index (χ0) is 18.6. The smallest absolute Gasteiger partial charge is 0.407 e. The molecule has 0 spiro atoms. The Labute approximate surface area is 151 Å². The van der Waals surface area contributed by atoms with Crippen molar-refractivity contribution in [1.29, 1.82) is 0 Å². The Kier molecular flexibility index (Phi) is 5.41. The van der Waals surface area contributed by atoms with Crippen molar-refractivity contribution in [1.82, 2.24) is 10.2 Å². The average Bonchev–Trinajstić information content (AvgIpc) is 3.16. The second-order valence-corrected chi connectivity index (χ2v) is 6.48. The van der Waals surface area contributed by atoms with Gasteiger partial charge in [0.15, 0.2) is 0 Å². The number of para-hydroxylation sites is 1. The van der Waals surface area contributed by atoms with Crippen molar-refractivity contribution >= 4 is 23.6 Å². The van der Waals surface area contributed by atoms with E-state index >= 15 is 0 Å². The average molecular weight is 361 g/mol. The van der Waals surface area contributed by atoms with Crippen molar-refractivity contribution in [3.05, 3.63) is 30.3 Å². The van der Waals surface area contributed by atoms with Crippen LogP contribution < -0.4 is 10.2 Å². The molecule has 2 fully saturated rings. The second kappa shape index (κ2) is 7.74. The predicted molar refractivity (Wildman–Crippen MR) is 93.3 cm³/mol. The fourth-order valence-electron chi connectivity index (χ4n) is 3.22. The number of amides is 3. The number of carbonyl (C=O) groups is 3. The largest absolute Gasteiger partial charge is 0.410 e. The minimum absolute atomic E-state index is 0.0103. The number of likely N-dealkylation sites (tertiary alicyclic amines) is 1. The number of hydrogen-bond donors (Lipinski definition) is 2. The van der Waals surface area contributed by atoms with Crippen LogP contribution in [0.2, 0.25) is 0 Å². The van der Waals surface area contributed by atoms with E-state index in [-0.39, 0.29) is 18.9 Å². The standard InChI is InChI=1S/C18H23N3O5/c22-15-8-4-11-20(15)12-5-10-19-17(24)26-18(25)9-13-21(16(18)23)14-6-2-1-3-7-14/h1-3,6-7,25H,4-5,8-13H2,(H,19,24)/t18-/m0/s1. The summed E-state index contributed by atoms with van der Waals surface area (Å²) in [7, 11) is 0. The molecule has 2 saturated heterocycles. The number of rotatable bonds is 6. The van der Waals surface area contributed by atoms with Gasteiger partial charge >= 0.3 is 6.09 Å². The van der Waals surface area contributed by atoms with E-state index in [0.29, 0.717) is 31.6 Å². The van der Waals surface area contributed by atoms with Crippen LogP contribution in [0.4, 0.5) is 10.5 Å². The molecule has 3 amide bonds. The maximum Gasteiger partial charge on any atom is 0.410 e. The normalized spacial score (nSPS) is 22.8. The van der Waals surface area contributed by atoms with Crippen LogP contribution in [0.5, 0.6) is 0 Å². The van der Waals surface area contributed by atoms with Gasteiger partial charge < -0.3 is 25.0 Å². The molecule has 26 heavy (non-hydrogen) atoms. The van der Waals surface area contributed by atoms with Gasteiger partial charge in [0.25, 0.3) is 11.7 Å². The number of anilines is 1. The van der Waals surface area contributed by atoms with Gasteiger partial charge in [0.2, 0.25) is 5.91 Å². The van der Waals surface area contributed by atoms with Gasteiger partial charge in [-0.1, -0.05) is 18.2 Å². The monoisotopic (exact) mass is 361 g/mol. The van der Waals surface area contributed by atoms with E-state index in [0.717, 1.165) is 13.0 Å². The summed E-state index contributed by atoms with van der Waals surface area (Å²) in [6.45, 7) is 1.90. The molecule has 8 heteroatoms. The van der Waals surface area contributed by atoms with Gasteiger partial charge in [0.05, 0.1) is 0 Å². The lowest BCUT2D eigenvalue weighted by atomic mass is 10.2.